The summed E-state index contributed by atoms with van der Waals surface area (Å²) in [6, 6.07) is 14.9. The van der Waals surface area contributed by atoms with Gasteiger partial charge in [-0.3, -0.25) is 4.57 Å². The van der Waals surface area contributed by atoms with E-state index in [0.29, 0.717) is 32.0 Å². The van der Waals surface area contributed by atoms with E-state index in [1.165, 1.54) is 18.4 Å². The fourth-order valence-electron chi connectivity index (χ4n) is 3.66. The smallest absolute Gasteiger partial charge is 0.351 e. The normalized spacial score (nSPS) is 12.7. The summed E-state index contributed by atoms with van der Waals surface area (Å²) in [5.41, 5.74) is 2.75. The fourth-order valence-corrected chi connectivity index (χ4v) is 6.06. The molecule has 7 nitrogen and oxygen atoms in total. The second-order valence-corrected chi connectivity index (χ2v) is 16.6. The quantitative estimate of drug-likeness (QED) is 0.166. The number of imidazole rings is 1. The Morgan fingerprint density at radius 1 is 1.18 bits per heavy atom. The highest BCUT2D eigenvalue weighted by atomic mass is 35.5. The minimum Gasteiger partial charge on any atom is -0.542 e. The van der Waals surface area contributed by atoms with Gasteiger partial charge < -0.3 is 13.9 Å². The van der Waals surface area contributed by atoms with Crippen LogP contribution in [0, 0.1) is 11.3 Å². The average molecular weight is 568 g/mol. The largest absolute Gasteiger partial charge is 0.542 e. The van der Waals surface area contributed by atoms with Crippen molar-refractivity contribution in [1.82, 2.24) is 9.55 Å². The first-order valence-electron chi connectivity index (χ1n) is 12.1. The Morgan fingerprint density at radius 3 is 2.58 bits per heavy atom. The Kier molecular flexibility index (Phi) is 7.61. The van der Waals surface area contributed by atoms with Crippen molar-refractivity contribution < 1.29 is 18.7 Å². The zero-order valence-electron chi connectivity index (χ0n) is 22.5. The number of fused-ring (bicyclic) bond motifs is 1. The van der Waals surface area contributed by atoms with Crippen molar-refractivity contribution in [3.63, 3.8) is 0 Å². The van der Waals surface area contributed by atoms with Crippen molar-refractivity contribution >= 4 is 48.3 Å². The highest BCUT2D eigenvalue weighted by Gasteiger charge is 2.39. The summed E-state index contributed by atoms with van der Waals surface area (Å²) in [6.45, 7) is 12.7. The van der Waals surface area contributed by atoms with E-state index < -0.39 is 20.4 Å². The molecule has 0 radical (unpaired) electrons. The number of aromatic nitrogens is 2. The molecule has 2 aromatic carbocycles. The highest BCUT2D eigenvalue weighted by molar-refractivity contribution is 7.16. The van der Waals surface area contributed by atoms with Gasteiger partial charge in [0.15, 0.2) is 4.88 Å². The molecule has 0 N–H and O–H groups in total. The molecule has 0 aliphatic carbocycles. The maximum atomic E-state index is 12.7. The first kappa shape index (κ1) is 27.7. The predicted molar refractivity (Wildman–Crippen MR) is 153 cm³/mol. The third-order valence-electron chi connectivity index (χ3n) is 6.88. The van der Waals surface area contributed by atoms with Crippen LogP contribution in [0.15, 0.2) is 48.8 Å². The van der Waals surface area contributed by atoms with Crippen LogP contribution < -0.4 is 9.16 Å². The number of carbonyl (C=O) groups is 1. The lowest BCUT2D eigenvalue weighted by Crippen LogP contribution is -2.44. The minimum atomic E-state index is -2.11. The number of hydrogen-bond donors (Lipinski definition) is 0. The van der Waals surface area contributed by atoms with Gasteiger partial charge in [0.1, 0.15) is 28.9 Å². The molecular weight excluding hydrogens is 538 g/mol. The molecule has 4 aromatic rings. The first-order valence-corrected chi connectivity index (χ1v) is 16.2. The third kappa shape index (κ3) is 5.30. The number of rotatable bonds is 7. The molecule has 0 aliphatic heterocycles. The number of ether oxygens (including phenoxy) is 2. The molecule has 4 rings (SSSR count). The molecule has 1 unspecified atom stereocenters. The summed E-state index contributed by atoms with van der Waals surface area (Å²) in [5, 5.41) is 10.5. The molecule has 1 atom stereocenters. The maximum absolute atomic E-state index is 12.7. The number of benzene rings is 2. The molecule has 10 heteroatoms. The van der Waals surface area contributed by atoms with E-state index in [4.69, 9.17) is 25.5 Å². The van der Waals surface area contributed by atoms with Gasteiger partial charge in [-0.2, -0.15) is 5.26 Å². The highest BCUT2D eigenvalue weighted by Crippen LogP contribution is 2.42. The Hall–Kier alpha value is -3.32. The zero-order chi connectivity index (χ0) is 27.8. The van der Waals surface area contributed by atoms with Crippen LogP contribution in [0.1, 0.15) is 54.6 Å². The van der Waals surface area contributed by atoms with Crippen molar-refractivity contribution in [3.05, 3.63) is 69.8 Å². The van der Waals surface area contributed by atoms with Crippen molar-refractivity contribution in [2.75, 3.05) is 7.11 Å². The van der Waals surface area contributed by atoms with Crippen LogP contribution in [0.2, 0.25) is 23.2 Å². The second-order valence-electron chi connectivity index (χ2n) is 10.5. The van der Waals surface area contributed by atoms with Gasteiger partial charge in [-0.15, -0.1) is 11.3 Å². The second kappa shape index (κ2) is 10.4. The summed E-state index contributed by atoms with van der Waals surface area (Å²) < 4.78 is 19.7. The summed E-state index contributed by atoms with van der Waals surface area (Å²) in [4.78, 5) is 17.4. The number of esters is 1. The monoisotopic (exact) mass is 567 g/mol. The lowest BCUT2D eigenvalue weighted by Gasteiger charge is -2.37. The Balaban J connectivity index is 1.70. The molecule has 0 aliphatic rings. The zero-order valence-corrected chi connectivity index (χ0v) is 25.0. The van der Waals surface area contributed by atoms with Crippen LogP contribution in [-0.2, 0) is 4.74 Å². The van der Waals surface area contributed by atoms with Gasteiger partial charge in [0.25, 0.3) is 8.32 Å². The molecule has 0 amide bonds. The van der Waals surface area contributed by atoms with E-state index in [9.17, 15) is 10.1 Å². The van der Waals surface area contributed by atoms with Crippen LogP contribution in [0.4, 0.5) is 0 Å². The van der Waals surface area contributed by atoms with Crippen molar-refractivity contribution in [1.29, 1.82) is 5.26 Å². The van der Waals surface area contributed by atoms with E-state index in [1.54, 1.807) is 30.6 Å². The SMILES string of the molecule is COC(=O)c1sc(-n2cnc3ccc(C#N)cc32)cc1OC(C)c1cccc(O[Si](C)(C)C(C)(C)C)c1Cl. The number of halogens is 1. The van der Waals surface area contributed by atoms with Crippen LogP contribution in [0.5, 0.6) is 11.5 Å². The maximum Gasteiger partial charge on any atom is 0.351 e. The number of hydrogen-bond acceptors (Lipinski definition) is 7. The number of nitriles is 1. The van der Waals surface area contributed by atoms with Crippen LogP contribution in [0.3, 0.4) is 0 Å². The van der Waals surface area contributed by atoms with E-state index >= 15 is 0 Å². The molecule has 38 heavy (non-hydrogen) atoms. The molecule has 0 spiro atoms. The van der Waals surface area contributed by atoms with Gasteiger partial charge in [-0.1, -0.05) is 44.5 Å². The Labute approximate surface area is 232 Å². The van der Waals surface area contributed by atoms with Crippen molar-refractivity contribution in [3.8, 4) is 22.6 Å². The van der Waals surface area contributed by atoms with E-state index in [-0.39, 0.29) is 5.04 Å². The lowest BCUT2D eigenvalue weighted by atomic mass is 10.1. The molecule has 198 valence electrons. The fraction of sp³-hybridized carbons (Fsp3) is 0.321. The number of thiophene rings is 1. The Morgan fingerprint density at radius 2 is 1.92 bits per heavy atom. The van der Waals surface area contributed by atoms with Gasteiger partial charge in [0.2, 0.25) is 0 Å². The number of carbonyl (C=O) groups excluding carboxylic acids is 1. The molecule has 0 bridgehead atoms. The summed E-state index contributed by atoms with van der Waals surface area (Å²) >= 11 is 8.05. The average Bonchev–Trinajstić information content (AvgIpc) is 3.47. The molecule has 0 saturated heterocycles. The minimum absolute atomic E-state index is 0.0163. The molecular formula is C28H30ClN3O4SSi. The van der Waals surface area contributed by atoms with Gasteiger partial charge in [-0.25, -0.2) is 9.78 Å². The topological polar surface area (TPSA) is 86.4 Å². The molecule has 0 saturated carbocycles. The van der Waals surface area contributed by atoms with Gasteiger partial charge in [-0.05, 0) is 49.3 Å². The summed E-state index contributed by atoms with van der Waals surface area (Å²) in [6.07, 6.45) is 1.17. The lowest BCUT2D eigenvalue weighted by molar-refractivity contribution is 0.0600. The van der Waals surface area contributed by atoms with Crippen LogP contribution >= 0.6 is 22.9 Å². The van der Waals surface area contributed by atoms with Crippen molar-refractivity contribution in [2.24, 2.45) is 0 Å². The Bertz CT molecular complexity index is 1550. The van der Waals surface area contributed by atoms with Crippen LogP contribution in [0.25, 0.3) is 16.0 Å². The van der Waals surface area contributed by atoms with Gasteiger partial charge >= 0.3 is 5.97 Å². The number of methoxy groups -OCH3 is 1. The summed E-state index contributed by atoms with van der Waals surface area (Å²) in [7, 11) is -0.776. The molecule has 2 heterocycles. The van der Waals surface area contributed by atoms with E-state index in [0.717, 1.165) is 16.6 Å². The van der Waals surface area contributed by atoms with E-state index in [2.05, 4.69) is 44.9 Å². The van der Waals surface area contributed by atoms with E-state index in [1.807, 2.05) is 29.7 Å². The predicted octanol–water partition coefficient (Wildman–Crippen LogP) is 7.92. The number of nitrogens with zero attached hydrogens (tertiary/aromatic N) is 3. The first-order chi connectivity index (χ1) is 17.9. The van der Waals surface area contributed by atoms with Gasteiger partial charge in [0.05, 0.1) is 34.8 Å². The molecule has 2 aromatic heterocycles. The summed E-state index contributed by atoms with van der Waals surface area (Å²) in [5.74, 6) is 0.490. The standard InChI is InChI=1S/C28H30ClN3O4SSi/c1-17(19-9-8-10-22(25(19)29)36-38(6,7)28(2,3)4)35-23-14-24(37-26(23)27(33)34-5)32-16-31-20-12-11-18(15-30)13-21(20)32/h8-14,16-17H,1-7H3. The van der Waals surface area contributed by atoms with Crippen LogP contribution in [-0.4, -0.2) is 30.9 Å². The third-order valence-corrected chi connectivity index (χ3v) is 12.7. The van der Waals surface area contributed by atoms with Crippen molar-refractivity contribution in [2.45, 2.75) is 51.9 Å². The van der Waals surface area contributed by atoms with Gasteiger partial charge in [0, 0.05) is 11.6 Å². The molecule has 0 fully saturated rings.